The zero-order valence-electron chi connectivity index (χ0n) is 11.5. The van der Waals surface area contributed by atoms with Gasteiger partial charge in [-0.25, -0.2) is 4.79 Å². The lowest BCUT2D eigenvalue weighted by molar-refractivity contribution is -0.122. The first kappa shape index (κ1) is 15.2. The first-order valence-corrected chi connectivity index (χ1v) is 6.22. The van der Waals surface area contributed by atoms with E-state index < -0.39 is 5.97 Å². The molecule has 0 atom stereocenters. The number of likely N-dealkylation sites (N-methyl/N-ethyl adjacent to an activating group) is 2. The monoisotopic (exact) mass is 268 g/mol. The standard InChI is InChI=1S/C12H20N4O3/c1-4-13-11(17)8-16(5-2)7-10-9(12(18)19)6-14-15(10)3/h6H,4-5,7-8H2,1-3H3,(H,13,17)(H,18,19). The Kier molecular flexibility index (Phi) is 5.50. The number of carbonyl (C=O) groups is 2. The van der Waals surface area contributed by atoms with Crippen LogP contribution < -0.4 is 5.32 Å². The number of carbonyl (C=O) groups excluding carboxylic acids is 1. The van der Waals surface area contributed by atoms with Crippen molar-refractivity contribution in [2.24, 2.45) is 7.05 Å². The molecule has 0 aliphatic carbocycles. The van der Waals surface area contributed by atoms with Crippen LogP contribution in [0, 0.1) is 0 Å². The minimum absolute atomic E-state index is 0.0663. The predicted octanol–water partition coefficient (Wildman–Crippen LogP) is 0.0763. The molecule has 0 saturated carbocycles. The highest BCUT2D eigenvalue weighted by molar-refractivity contribution is 5.88. The van der Waals surface area contributed by atoms with E-state index in [0.29, 0.717) is 25.3 Å². The third kappa shape index (κ3) is 4.06. The van der Waals surface area contributed by atoms with Crippen LogP contribution in [0.3, 0.4) is 0 Å². The van der Waals surface area contributed by atoms with E-state index in [1.165, 1.54) is 10.9 Å². The Morgan fingerprint density at radius 1 is 1.47 bits per heavy atom. The molecule has 0 unspecified atom stereocenters. The van der Waals surface area contributed by atoms with E-state index in [1.54, 1.807) is 7.05 Å². The second-order valence-corrected chi connectivity index (χ2v) is 4.19. The van der Waals surface area contributed by atoms with Gasteiger partial charge in [0.2, 0.25) is 5.91 Å². The molecule has 0 fully saturated rings. The van der Waals surface area contributed by atoms with Crippen molar-refractivity contribution in [2.75, 3.05) is 19.6 Å². The van der Waals surface area contributed by atoms with Gasteiger partial charge in [0.25, 0.3) is 0 Å². The molecule has 19 heavy (non-hydrogen) atoms. The van der Waals surface area contributed by atoms with Crippen molar-refractivity contribution in [3.05, 3.63) is 17.5 Å². The summed E-state index contributed by atoms with van der Waals surface area (Å²) in [4.78, 5) is 24.5. The Balaban J connectivity index is 2.78. The van der Waals surface area contributed by atoms with Crippen molar-refractivity contribution < 1.29 is 14.7 Å². The highest BCUT2D eigenvalue weighted by Crippen LogP contribution is 2.10. The summed E-state index contributed by atoms with van der Waals surface area (Å²) in [6.45, 7) is 5.65. The highest BCUT2D eigenvalue weighted by atomic mass is 16.4. The van der Waals surface area contributed by atoms with Crippen LogP contribution in [0.4, 0.5) is 0 Å². The van der Waals surface area contributed by atoms with Gasteiger partial charge in [-0.05, 0) is 13.5 Å². The Morgan fingerprint density at radius 3 is 2.68 bits per heavy atom. The van der Waals surface area contributed by atoms with E-state index >= 15 is 0 Å². The molecule has 7 nitrogen and oxygen atoms in total. The third-order valence-electron chi connectivity index (χ3n) is 2.85. The molecular weight excluding hydrogens is 248 g/mol. The highest BCUT2D eigenvalue weighted by Gasteiger charge is 2.18. The fourth-order valence-corrected chi connectivity index (χ4v) is 1.78. The predicted molar refractivity (Wildman–Crippen MR) is 69.8 cm³/mol. The van der Waals surface area contributed by atoms with Crippen molar-refractivity contribution in [1.82, 2.24) is 20.0 Å². The number of rotatable bonds is 7. The molecule has 106 valence electrons. The molecule has 0 bridgehead atoms. The van der Waals surface area contributed by atoms with Crippen molar-refractivity contribution in [3.63, 3.8) is 0 Å². The zero-order valence-corrected chi connectivity index (χ0v) is 11.5. The molecule has 0 radical (unpaired) electrons. The summed E-state index contributed by atoms with van der Waals surface area (Å²) >= 11 is 0. The first-order valence-electron chi connectivity index (χ1n) is 6.22. The summed E-state index contributed by atoms with van der Waals surface area (Å²) in [6, 6.07) is 0. The molecule has 0 aliphatic heterocycles. The number of aryl methyl sites for hydroxylation is 1. The average molecular weight is 268 g/mol. The minimum atomic E-state index is -1.00. The maximum Gasteiger partial charge on any atom is 0.339 e. The number of hydrogen-bond acceptors (Lipinski definition) is 4. The number of aromatic nitrogens is 2. The van der Waals surface area contributed by atoms with E-state index in [4.69, 9.17) is 5.11 Å². The molecular formula is C12H20N4O3. The Hall–Kier alpha value is -1.89. The fraction of sp³-hybridized carbons (Fsp3) is 0.583. The maximum absolute atomic E-state index is 11.6. The van der Waals surface area contributed by atoms with Gasteiger partial charge in [-0.1, -0.05) is 6.92 Å². The molecule has 0 spiro atoms. The molecule has 1 aromatic heterocycles. The molecule has 1 aromatic rings. The molecule has 1 amide bonds. The molecule has 1 rings (SSSR count). The second-order valence-electron chi connectivity index (χ2n) is 4.19. The molecule has 1 heterocycles. The van der Waals surface area contributed by atoms with Gasteiger partial charge in [0, 0.05) is 20.1 Å². The first-order chi connectivity index (χ1) is 8.99. The summed E-state index contributed by atoms with van der Waals surface area (Å²) in [7, 11) is 1.70. The Bertz CT molecular complexity index is 456. The van der Waals surface area contributed by atoms with Gasteiger partial charge in [0.1, 0.15) is 5.56 Å². The topological polar surface area (TPSA) is 87.5 Å². The van der Waals surface area contributed by atoms with Gasteiger partial charge in [-0.3, -0.25) is 14.4 Å². The largest absolute Gasteiger partial charge is 0.478 e. The van der Waals surface area contributed by atoms with Crippen LogP contribution in [0.1, 0.15) is 29.9 Å². The second kappa shape index (κ2) is 6.89. The summed E-state index contributed by atoms with van der Waals surface area (Å²) in [5.41, 5.74) is 0.774. The summed E-state index contributed by atoms with van der Waals surface area (Å²) < 4.78 is 1.53. The Morgan fingerprint density at radius 2 is 2.16 bits per heavy atom. The quantitative estimate of drug-likeness (QED) is 0.731. The average Bonchev–Trinajstić information content (AvgIpc) is 2.70. The van der Waals surface area contributed by atoms with Crippen LogP contribution in [0.2, 0.25) is 0 Å². The van der Waals surface area contributed by atoms with E-state index in [9.17, 15) is 9.59 Å². The lowest BCUT2D eigenvalue weighted by atomic mass is 10.2. The van der Waals surface area contributed by atoms with Crippen molar-refractivity contribution in [3.8, 4) is 0 Å². The Labute approximate surface area is 112 Å². The van der Waals surface area contributed by atoms with Gasteiger partial charge in [-0.2, -0.15) is 5.10 Å². The molecule has 7 heteroatoms. The van der Waals surface area contributed by atoms with E-state index in [1.807, 2.05) is 18.7 Å². The van der Waals surface area contributed by atoms with Crippen LogP contribution in [0.5, 0.6) is 0 Å². The van der Waals surface area contributed by atoms with Gasteiger partial charge in [0.05, 0.1) is 18.4 Å². The lowest BCUT2D eigenvalue weighted by Crippen LogP contribution is -2.37. The van der Waals surface area contributed by atoms with Crippen molar-refractivity contribution in [1.29, 1.82) is 0 Å². The number of aromatic carboxylic acids is 1. The third-order valence-corrected chi connectivity index (χ3v) is 2.85. The summed E-state index contributed by atoms with van der Waals surface area (Å²) in [5, 5.41) is 15.8. The van der Waals surface area contributed by atoms with Gasteiger partial charge >= 0.3 is 5.97 Å². The number of carboxylic acids is 1. The zero-order chi connectivity index (χ0) is 14.4. The van der Waals surface area contributed by atoms with Crippen molar-refractivity contribution >= 4 is 11.9 Å². The van der Waals surface area contributed by atoms with Crippen molar-refractivity contribution in [2.45, 2.75) is 20.4 Å². The number of nitrogens with one attached hydrogen (secondary N) is 1. The van der Waals surface area contributed by atoms with E-state index in [2.05, 4.69) is 10.4 Å². The van der Waals surface area contributed by atoms with Crippen LogP contribution >= 0.6 is 0 Å². The number of amides is 1. The van der Waals surface area contributed by atoms with Gasteiger partial charge in [-0.15, -0.1) is 0 Å². The number of carboxylic acid groups (broad SMARTS) is 1. The maximum atomic E-state index is 11.6. The fourth-order valence-electron chi connectivity index (χ4n) is 1.78. The summed E-state index contributed by atoms with van der Waals surface area (Å²) in [5.74, 6) is -1.07. The molecule has 2 N–H and O–H groups in total. The number of nitrogens with zero attached hydrogens (tertiary/aromatic N) is 3. The SMILES string of the molecule is CCNC(=O)CN(CC)Cc1c(C(=O)O)cnn1C. The van der Waals surface area contributed by atoms with Crippen LogP contribution in [-0.2, 0) is 18.4 Å². The van der Waals surface area contributed by atoms with E-state index in [0.717, 1.165) is 0 Å². The smallest absolute Gasteiger partial charge is 0.339 e. The molecule has 0 aliphatic rings. The van der Waals surface area contributed by atoms with Gasteiger partial charge in [0.15, 0.2) is 0 Å². The van der Waals surface area contributed by atoms with Crippen LogP contribution in [0.15, 0.2) is 6.20 Å². The van der Waals surface area contributed by atoms with Gasteiger partial charge < -0.3 is 10.4 Å². The van der Waals surface area contributed by atoms with Crippen LogP contribution in [0.25, 0.3) is 0 Å². The molecule has 0 aromatic carbocycles. The van der Waals surface area contributed by atoms with E-state index in [-0.39, 0.29) is 18.0 Å². The minimum Gasteiger partial charge on any atom is -0.478 e. The van der Waals surface area contributed by atoms with Crippen LogP contribution in [-0.4, -0.2) is 51.3 Å². The lowest BCUT2D eigenvalue weighted by Gasteiger charge is -2.20. The summed E-state index contributed by atoms with van der Waals surface area (Å²) in [6.07, 6.45) is 1.33. The molecule has 0 saturated heterocycles. The normalized spacial score (nSPS) is 10.7. The number of hydrogen-bond donors (Lipinski definition) is 2.